The van der Waals surface area contributed by atoms with Crippen molar-refractivity contribution in [2.75, 3.05) is 0 Å². The fraction of sp³-hybridized carbons (Fsp3) is 0.412. The highest BCUT2D eigenvalue weighted by atomic mass is 35.5. The number of thiophene rings is 1. The molecule has 20 heavy (non-hydrogen) atoms. The van der Waals surface area contributed by atoms with Crippen LogP contribution >= 0.6 is 22.9 Å². The number of nitrogens with one attached hydrogen (secondary N) is 1. The molecular weight excluding hydrogens is 286 g/mol. The minimum Gasteiger partial charge on any atom is -0.305 e. The van der Waals surface area contributed by atoms with E-state index in [1.165, 1.54) is 29.7 Å². The number of hydrogen-bond acceptors (Lipinski definition) is 2. The van der Waals surface area contributed by atoms with E-state index in [9.17, 15) is 0 Å². The molecule has 1 aromatic heterocycles. The fourth-order valence-electron chi connectivity index (χ4n) is 2.89. The van der Waals surface area contributed by atoms with Gasteiger partial charge in [0.05, 0.1) is 0 Å². The molecule has 1 N–H and O–H groups in total. The molecule has 1 unspecified atom stereocenters. The molecule has 1 aromatic carbocycles. The largest absolute Gasteiger partial charge is 0.305 e. The van der Waals surface area contributed by atoms with Crippen LogP contribution in [0.1, 0.15) is 46.7 Å². The Hall–Kier alpha value is -0.830. The second-order valence-electron chi connectivity index (χ2n) is 5.41. The van der Waals surface area contributed by atoms with Crippen molar-refractivity contribution in [3.63, 3.8) is 0 Å². The molecule has 0 saturated carbocycles. The van der Waals surface area contributed by atoms with Crippen LogP contribution in [0.15, 0.2) is 30.3 Å². The van der Waals surface area contributed by atoms with Gasteiger partial charge in [0.1, 0.15) is 0 Å². The summed E-state index contributed by atoms with van der Waals surface area (Å²) >= 11 is 7.94. The number of rotatable bonds is 5. The van der Waals surface area contributed by atoms with Crippen LogP contribution in [0.25, 0.3) is 0 Å². The summed E-state index contributed by atoms with van der Waals surface area (Å²) in [6.45, 7) is 3.19. The lowest BCUT2D eigenvalue weighted by atomic mass is 10.0. The predicted octanol–water partition coefficient (Wildman–Crippen LogP) is 5.13. The van der Waals surface area contributed by atoms with Crippen LogP contribution in [0.4, 0.5) is 0 Å². The first-order valence-electron chi connectivity index (χ1n) is 7.35. The highest BCUT2D eigenvalue weighted by molar-refractivity contribution is 7.12. The SMILES string of the molecule is CCC(NCc1cc2c(s1)CCC2)c1ccc(Cl)cc1. The summed E-state index contributed by atoms with van der Waals surface area (Å²) in [5.41, 5.74) is 2.91. The van der Waals surface area contributed by atoms with Crippen LogP contribution in [0.3, 0.4) is 0 Å². The summed E-state index contributed by atoms with van der Waals surface area (Å²) in [5, 5.41) is 4.48. The van der Waals surface area contributed by atoms with Crippen molar-refractivity contribution in [1.82, 2.24) is 5.32 Å². The molecule has 0 spiro atoms. The third-order valence-electron chi connectivity index (χ3n) is 4.00. The number of hydrogen-bond donors (Lipinski definition) is 1. The summed E-state index contributed by atoms with van der Waals surface area (Å²) < 4.78 is 0. The molecule has 0 radical (unpaired) electrons. The van der Waals surface area contributed by atoms with E-state index in [1.807, 2.05) is 23.5 Å². The fourth-order valence-corrected chi connectivity index (χ4v) is 4.23. The van der Waals surface area contributed by atoms with Gasteiger partial charge in [-0.25, -0.2) is 0 Å². The van der Waals surface area contributed by atoms with Crippen LogP contribution in [0, 0.1) is 0 Å². The normalized spacial score (nSPS) is 15.3. The van der Waals surface area contributed by atoms with Crippen molar-refractivity contribution in [2.24, 2.45) is 0 Å². The van der Waals surface area contributed by atoms with Gasteiger partial charge in [-0.1, -0.05) is 30.7 Å². The molecule has 0 bridgehead atoms. The minimum atomic E-state index is 0.407. The number of fused-ring (bicyclic) bond motifs is 1. The van der Waals surface area contributed by atoms with Gasteiger partial charge in [-0.2, -0.15) is 0 Å². The summed E-state index contributed by atoms with van der Waals surface area (Å²) in [6, 6.07) is 11.0. The van der Waals surface area contributed by atoms with Crippen LogP contribution in [-0.2, 0) is 19.4 Å². The molecule has 1 aliphatic rings. The Bertz CT molecular complexity index is 552. The van der Waals surface area contributed by atoms with Gasteiger partial charge in [0.2, 0.25) is 0 Å². The van der Waals surface area contributed by atoms with Crippen molar-refractivity contribution in [3.8, 4) is 0 Å². The van der Waals surface area contributed by atoms with E-state index in [2.05, 4.69) is 30.4 Å². The molecule has 3 rings (SSSR count). The van der Waals surface area contributed by atoms with Gasteiger partial charge < -0.3 is 5.32 Å². The van der Waals surface area contributed by atoms with Crippen molar-refractivity contribution >= 4 is 22.9 Å². The highest BCUT2D eigenvalue weighted by Gasteiger charge is 2.15. The van der Waals surface area contributed by atoms with E-state index in [-0.39, 0.29) is 0 Å². The molecular formula is C17H20ClNS. The number of halogens is 1. The molecule has 1 nitrogen and oxygen atoms in total. The third kappa shape index (κ3) is 3.08. The average Bonchev–Trinajstić information content (AvgIpc) is 3.02. The van der Waals surface area contributed by atoms with Crippen molar-refractivity contribution in [1.29, 1.82) is 0 Å². The second kappa shape index (κ2) is 6.30. The standard InChI is InChI=1S/C17H20ClNS/c1-2-16(12-6-8-14(18)9-7-12)19-11-15-10-13-4-3-5-17(13)20-15/h6-10,16,19H,2-5,11H2,1H3. The van der Waals surface area contributed by atoms with E-state index in [0.29, 0.717) is 6.04 Å². The number of aryl methyl sites for hydroxylation is 2. The van der Waals surface area contributed by atoms with Gasteiger partial charge in [-0.05, 0) is 55.0 Å². The summed E-state index contributed by atoms with van der Waals surface area (Å²) in [6.07, 6.45) is 5.00. The molecule has 2 aromatic rings. The average molecular weight is 306 g/mol. The summed E-state index contributed by atoms with van der Waals surface area (Å²) in [5.74, 6) is 0. The molecule has 1 heterocycles. The molecule has 1 aliphatic carbocycles. The lowest BCUT2D eigenvalue weighted by molar-refractivity contribution is 0.522. The molecule has 106 valence electrons. The maximum Gasteiger partial charge on any atom is 0.0406 e. The highest BCUT2D eigenvalue weighted by Crippen LogP contribution is 2.31. The van der Waals surface area contributed by atoms with E-state index >= 15 is 0 Å². The van der Waals surface area contributed by atoms with Crippen molar-refractivity contribution < 1.29 is 0 Å². The zero-order chi connectivity index (χ0) is 13.9. The zero-order valence-electron chi connectivity index (χ0n) is 11.8. The molecule has 0 aliphatic heterocycles. The maximum atomic E-state index is 5.96. The van der Waals surface area contributed by atoms with E-state index in [0.717, 1.165) is 18.0 Å². The summed E-state index contributed by atoms with van der Waals surface area (Å²) in [7, 11) is 0. The van der Waals surface area contributed by atoms with Crippen LogP contribution in [0.2, 0.25) is 5.02 Å². The van der Waals surface area contributed by atoms with Crippen LogP contribution in [0.5, 0.6) is 0 Å². The zero-order valence-corrected chi connectivity index (χ0v) is 13.4. The minimum absolute atomic E-state index is 0.407. The monoisotopic (exact) mass is 305 g/mol. The Labute approximate surface area is 130 Å². The van der Waals surface area contributed by atoms with Gasteiger partial charge in [-0.3, -0.25) is 0 Å². The van der Waals surface area contributed by atoms with E-state index in [1.54, 1.807) is 10.4 Å². The Kier molecular flexibility index (Phi) is 4.45. The lowest BCUT2D eigenvalue weighted by Gasteiger charge is -2.17. The Morgan fingerprint density at radius 1 is 1.25 bits per heavy atom. The van der Waals surface area contributed by atoms with Crippen molar-refractivity contribution in [2.45, 2.75) is 45.2 Å². The van der Waals surface area contributed by atoms with Crippen LogP contribution in [-0.4, -0.2) is 0 Å². The smallest absolute Gasteiger partial charge is 0.0406 e. The Morgan fingerprint density at radius 2 is 2.05 bits per heavy atom. The van der Waals surface area contributed by atoms with E-state index < -0.39 is 0 Å². The van der Waals surface area contributed by atoms with Crippen molar-refractivity contribution in [3.05, 3.63) is 56.2 Å². The topological polar surface area (TPSA) is 12.0 Å². The number of benzene rings is 1. The van der Waals surface area contributed by atoms with E-state index in [4.69, 9.17) is 11.6 Å². The Balaban J connectivity index is 1.64. The Morgan fingerprint density at radius 3 is 2.75 bits per heavy atom. The van der Waals surface area contributed by atoms with Gasteiger partial charge >= 0.3 is 0 Å². The quantitative estimate of drug-likeness (QED) is 0.807. The molecule has 3 heteroatoms. The first-order chi connectivity index (χ1) is 9.76. The first kappa shape index (κ1) is 14.1. The van der Waals surface area contributed by atoms with Crippen LogP contribution < -0.4 is 5.32 Å². The first-order valence-corrected chi connectivity index (χ1v) is 8.55. The summed E-state index contributed by atoms with van der Waals surface area (Å²) in [4.78, 5) is 3.09. The molecule has 0 amide bonds. The van der Waals surface area contributed by atoms with Gasteiger partial charge in [0.25, 0.3) is 0 Å². The second-order valence-corrected chi connectivity index (χ2v) is 7.07. The van der Waals surface area contributed by atoms with Gasteiger partial charge in [0.15, 0.2) is 0 Å². The lowest BCUT2D eigenvalue weighted by Crippen LogP contribution is -2.19. The van der Waals surface area contributed by atoms with Gasteiger partial charge in [0, 0.05) is 27.4 Å². The van der Waals surface area contributed by atoms with Gasteiger partial charge in [-0.15, -0.1) is 11.3 Å². The molecule has 1 atom stereocenters. The maximum absolute atomic E-state index is 5.96. The molecule has 0 saturated heterocycles. The molecule has 0 fully saturated rings. The third-order valence-corrected chi connectivity index (χ3v) is 5.49. The predicted molar refractivity (Wildman–Crippen MR) is 87.7 cm³/mol.